The maximum absolute atomic E-state index is 12.9. The molecule has 0 saturated carbocycles. The van der Waals surface area contributed by atoms with Gasteiger partial charge in [0.2, 0.25) is 5.91 Å². The lowest BCUT2D eigenvalue weighted by atomic mass is 9.79. The third kappa shape index (κ3) is 4.21. The molecule has 1 saturated heterocycles. The number of hydrogen-bond acceptors (Lipinski definition) is 4. The van der Waals surface area contributed by atoms with E-state index in [2.05, 4.69) is 5.10 Å². The number of nitrogens with two attached hydrogens (primary N) is 1. The van der Waals surface area contributed by atoms with E-state index in [9.17, 15) is 4.79 Å². The molecule has 2 N–H and O–H groups in total. The predicted molar refractivity (Wildman–Crippen MR) is 98.8 cm³/mol. The zero-order valence-corrected chi connectivity index (χ0v) is 15.2. The molecule has 0 spiro atoms. The highest BCUT2D eigenvalue weighted by atomic mass is 35.5. The summed E-state index contributed by atoms with van der Waals surface area (Å²) in [5.41, 5.74) is 7.44. The molecule has 2 aromatic rings. The molecule has 0 aliphatic carbocycles. The van der Waals surface area contributed by atoms with E-state index in [4.69, 9.17) is 10.5 Å². The molecule has 1 aromatic heterocycles. The topological polar surface area (TPSA) is 73.4 Å². The van der Waals surface area contributed by atoms with Crippen molar-refractivity contribution in [2.75, 3.05) is 26.8 Å². The van der Waals surface area contributed by atoms with E-state index in [1.165, 1.54) is 0 Å². The van der Waals surface area contributed by atoms with Crippen molar-refractivity contribution in [3.63, 3.8) is 0 Å². The third-order valence-corrected chi connectivity index (χ3v) is 4.72. The standard InChI is InChI=1S/C18H24N4O2.ClH/c1-21(17(23)18(14-19)7-9-24-10-8-18)12-15-11-20-22(13-15)16-5-3-2-4-6-16;/h2-6,11,13H,7-10,12,14,19H2,1H3;1H. The van der Waals surface area contributed by atoms with Crippen LogP contribution in [0.15, 0.2) is 42.7 Å². The van der Waals surface area contributed by atoms with Crippen molar-refractivity contribution in [2.24, 2.45) is 11.1 Å². The van der Waals surface area contributed by atoms with Crippen LogP contribution in [0.2, 0.25) is 0 Å². The maximum atomic E-state index is 12.9. The molecule has 1 aliphatic rings. The molecule has 0 bridgehead atoms. The first kappa shape index (κ1) is 19.4. The first-order chi connectivity index (χ1) is 11.6. The van der Waals surface area contributed by atoms with Crippen molar-refractivity contribution in [3.05, 3.63) is 48.3 Å². The fourth-order valence-corrected chi connectivity index (χ4v) is 3.18. The third-order valence-electron chi connectivity index (χ3n) is 4.72. The van der Waals surface area contributed by atoms with E-state index < -0.39 is 5.41 Å². The van der Waals surface area contributed by atoms with E-state index >= 15 is 0 Å². The van der Waals surface area contributed by atoms with Crippen molar-refractivity contribution < 1.29 is 9.53 Å². The molecule has 6 nitrogen and oxygen atoms in total. The van der Waals surface area contributed by atoms with Crippen molar-refractivity contribution >= 4 is 18.3 Å². The van der Waals surface area contributed by atoms with E-state index in [0.29, 0.717) is 39.1 Å². The summed E-state index contributed by atoms with van der Waals surface area (Å²) in [6.07, 6.45) is 5.14. The number of carbonyl (C=O) groups is 1. The summed E-state index contributed by atoms with van der Waals surface area (Å²) in [6, 6.07) is 9.92. The Morgan fingerprint density at radius 1 is 1.32 bits per heavy atom. The molecule has 0 radical (unpaired) electrons. The van der Waals surface area contributed by atoms with Crippen LogP contribution in [0.5, 0.6) is 0 Å². The molecule has 0 atom stereocenters. The molecule has 1 aromatic carbocycles. The van der Waals surface area contributed by atoms with Crippen molar-refractivity contribution in [2.45, 2.75) is 19.4 Å². The van der Waals surface area contributed by atoms with Crippen LogP contribution in [0, 0.1) is 5.41 Å². The van der Waals surface area contributed by atoms with Crippen molar-refractivity contribution in [1.29, 1.82) is 0 Å². The average molecular weight is 365 g/mol. The quantitative estimate of drug-likeness (QED) is 0.880. The van der Waals surface area contributed by atoms with Gasteiger partial charge in [-0.1, -0.05) is 18.2 Å². The van der Waals surface area contributed by atoms with Gasteiger partial charge in [-0.15, -0.1) is 12.4 Å². The lowest BCUT2D eigenvalue weighted by Crippen LogP contribution is -2.49. The molecule has 1 amide bonds. The van der Waals surface area contributed by atoms with E-state index in [1.54, 1.807) is 11.1 Å². The highest BCUT2D eigenvalue weighted by molar-refractivity contribution is 5.85. The molecule has 7 heteroatoms. The second kappa shape index (κ2) is 8.47. The number of nitrogens with zero attached hydrogens (tertiary/aromatic N) is 3. The van der Waals surface area contributed by atoms with Crippen LogP contribution in [0.4, 0.5) is 0 Å². The van der Waals surface area contributed by atoms with Crippen LogP contribution in [-0.2, 0) is 16.1 Å². The Labute approximate surface area is 154 Å². The van der Waals surface area contributed by atoms with Crippen LogP contribution in [-0.4, -0.2) is 47.4 Å². The van der Waals surface area contributed by atoms with E-state index in [-0.39, 0.29) is 18.3 Å². The van der Waals surface area contributed by atoms with Gasteiger partial charge in [0.05, 0.1) is 17.3 Å². The van der Waals surface area contributed by atoms with Gasteiger partial charge in [0.1, 0.15) is 0 Å². The monoisotopic (exact) mass is 364 g/mol. The van der Waals surface area contributed by atoms with Gasteiger partial charge < -0.3 is 15.4 Å². The molecule has 2 heterocycles. The first-order valence-corrected chi connectivity index (χ1v) is 8.27. The number of rotatable bonds is 5. The van der Waals surface area contributed by atoms with Gasteiger partial charge in [0, 0.05) is 45.1 Å². The summed E-state index contributed by atoms with van der Waals surface area (Å²) in [7, 11) is 1.83. The molecule has 1 aliphatic heterocycles. The lowest BCUT2D eigenvalue weighted by molar-refractivity contribution is -0.146. The molecule has 25 heavy (non-hydrogen) atoms. The van der Waals surface area contributed by atoms with Gasteiger partial charge in [-0.2, -0.15) is 5.10 Å². The number of ether oxygens (including phenoxy) is 1. The summed E-state index contributed by atoms with van der Waals surface area (Å²) in [5.74, 6) is 0.0979. The fourth-order valence-electron chi connectivity index (χ4n) is 3.18. The SMILES string of the molecule is CN(Cc1cnn(-c2ccccc2)c1)C(=O)C1(CN)CCOCC1.Cl. The smallest absolute Gasteiger partial charge is 0.230 e. The van der Waals surface area contributed by atoms with Crippen molar-refractivity contribution in [1.82, 2.24) is 14.7 Å². The number of benzene rings is 1. The minimum absolute atomic E-state index is 0. The van der Waals surface area contributed by atoms with Crippen molar-refractivity contribution in [3.8, 4) is 5.69 Å². The second-order valence-electron chi connectivity index (χ2n) is 6.39. The Kier molecular flexibility index (Phi) is 6.58. The Morgan fingerprint density at radius 3 is 2.64 bits per heavy atom. The molecule has 0 unspecified atom stereocenters. The number of aromatic nitrogens is 2. The number of carbonyl (C=O) groups excluding carboxylic acids is 1. The highest BCUT2D eigenvalue weighted by Crippen LogP contribution is 2.31. The average Bonchev–Trinajstić information content (AvgIpc) is 3.11. The normalized spacial score (nSPS) is 16.1. The Bertz CT molecular complexity index is 683. The molecular weight excluding hydrogens is 340 g/mol. The van der Waals surface area contributed by atoms with Gasteiger partial charge in [0.15, 0.2) is 0 Å². The largest absolute Gasteiger partial charge is 0.381 e. The van der Waals surface area contributed by atoms with Gasteiger partial charge >= 0.3 is 0 Å². The van der Waals surface area contributed by atoms with Crippen LogP contribution in [0.3, 0.4) is 0 Å². The van der Waals surface area contributed by atoms with E-state index in [1.807, 2.05) is 48.3 Å². The molecule has 136 valence electrons. The Morgan fingerprint density at radius 2 is 2.00 bits per heavy atom. The van der Waals surface area contributed by atoms with Crippen LogP contribution in [0.25, 0.3) is 5.69 Å². The number of para-hydroxylation sites is 1. The molecule has 3 rings (SSSR count). The van der Waals surface area contributed by atoms with Gasteiger partial charge in [0.25, 0.3) is 0 Å². The van der Waals surface area contributed by atoms with Gasteiger partial charge in [-0.05, 0) is 25.0 Å². The fraction of sp³-hybridized carbons (Fsp3) is 0.444. The number of amides is 1. The van der Waals surface area contributed by atoms with Crippen LogP contribution < -0.4 is 5.73 Å². The van der Waals surface area contributed by atoms with Gasteiger partial charge in [-0.3, -0.25) is 4.79 Å². The Hall–Kier alpha value is -1.89. The zero-order chi connectivity index (χ0) is 17.0. The Balaban J connectivity index is 0.00000225. The van der Waals surface area contributed by atoms with E-state index in [0.717, 1.165) is 11.3 Å². The summed E-state index contributed by atoms with van der Waals surface area (Å²) in [5, 5.41) is 4.38. The predicted octanol–water partition coefficient (Wildman–Crippen LogP) is 2.01. The number of hydrogen-bond donors (Lipinski definition) is 1. The lowest BCUT2D eigenvalue weighted by Gasteiger charge is -2.37. The minimum atomic E-state index is -0.484. The number of halogens is 1. The summed E-state index contributed by atoms with van der Waals surface area (Å²) in [6.45, 7) is 2.09. The second-order valence-corrected chi connectivity index (χ2v) is 6.39. The van der Waals surface area contributed by atoms with Gasteiger partial charge in [-0.25, -0.2) is 4.68 Å². The minimum Gasteiger partial charge on any atom is -0.381 e. The molecular formula is C18H25ClN4O2. The zero-order valence-electron chi connectivity index (χ0n) is 14.4. The van der Waals surface area contributed by atoms with Crippen LogP contribution in [0.1, 0.15) is 18.4 Å². The van der Waals surface area contributed by atoms with Crippen LogP contribution >= 0.6 is 12.4 Å². The maximum Gasteiger partial charge on any atom is 0.230 e. The first-order valence-electron chi connectivity index (χ1n) is 8.27. The summed E-state index contributed by atoms with van der Waals surface area (Å²) >= 11 is 0. The summed E-state index contributed by atoms with van der Waals surface area (Å²) < 4.78 is 7.21. The highest BCUT2D eigenvalue weighted by Gasteiger charge is 2.40. The summed E-state index contributed by atoms with van der Waals surface area (Å²) in [4.78, 5) is 14.6. The molecule has 1 fully saturated rings.